The number of aliphatic hydroxyl groups excluding tert-OH is 2. The van der Waals surface area contributed by atoms with Crippen molar-refractivity contribution < 1.29 is 25.2 Å². The van der Waals surface area contributed by atoms with Crippen molar-refractivity contribution in [3.8, 4) is 0 Å². The molecule has 0 spiro atoms. The van der Waals surface area contributed by atoms with Crippen LogP contribution in [0.4, 0.5) is 0 Å². The van der Waals surface area contributed by atoms with E-state index in [1.54, 1.807) is 13.2 Å². The van der Waals surface area contributed by atoms with Crippen molar-refractivity contribution in [3.05, 3.63) is 23.5 Å². The van der Waals surface area contributed by atoms with Gasteiger partial charge in [0.25, 0.3) is 0 Å². The molecule has 3 fully saturated rings. The Balaban J connectivity index is 1.56. The lowest BCUT2D eigenvalue weighted by atomic mass is 9.46. The fourth-order valence-corrected chi connectivity index (χ4v) is 7.68. The molecular weight excluding hydrogens is 368 g/mol. The zero-order valence-electron chi connectivity index (χ0n) is 18.1. The monoisotopic (exact) mass is 406 g/mol. The Morgan fingerprint density at radius 2 is 1.79 bits per heavy atom. The Bertz CT molecular complexity index is 697. The van der Waals surface area contributed by atoms with Gasteiger partial charge in [-0.15, -0.1) is 0 Å². The van der Waals surface area contributed by atoms with Crippen LogP contribution < -0.4 is 0 Å². The minimum Gasteiger partial charge on any atom is -0.496 e. The summed E-state index contributed by atoms with van der Waals surface area (Å²) in [5.41, 5.74) is 1.72. The molecule has 5 unspecified atom stereocenters. The van der Waals surface area contributed by atoms with Crippen LogP contribution in [0.2, 0.25) is 0 Å². The van der Waals surface area contributed by atoms with Gasteiger partial charge in [-0.2, -0.15) is 0 Å². The van der Waals surface area contributed by atoms with Gasteiger partial charge >= 0.3 is 0 Å². The molecule has 0 amide bonds. The third kappa shape index (κ3) is 3.20. The molecule has 4 N–H and O–H groups in total. The van der Waals surface area contributed by atoms with Gasteiger partial charge in [-0.1, -0.05) is 25.5 Å². The van der Waals surface area contributed by atoms with Crippen molar-refractivity contribution in [1.82, 2.24) is 0 Å². The summed E-state index contributed by atoms with van der Waals surface area (Å²) in [4.78, 5) is 0. The number of allylic oxidation sites excluding steroid dienone is 3. The molecule has 0 aromatic heterocycles. The van der Waals surface area contributed by atoms with Gasteiger partial charge in [0.2, 0.25) is 0 Å². The molecule has 0 heterocycles. The maximum absolute atomic E-state index is 11.3. The van der Waals surface area contributed by atoms with E-state index in [9.17, 15) is 10.2 Å². The Kier molecular flexibility index (Phi) is 5.42. The summed E-state index contributed by atoms with van der Waals surface area (Å²) in [7, 11) is 0. The average molecular weight is 407 g/mol. The molecule has 0 radical (unpaired) electrons. The summed E-state index contributed by atoms with van der Waals surface area (Å²) in [5, 5.41) is 39.6. The summed E-state index contributed by atoms with van der Waals surface area (Å²) < 4.78 is 5.31. The highest BCUT2D eigenvalue weighted by molar-refractivity contribution is 5.34. The van der Waals surface area contributed by atoms with Gasteiger partial charge in [-0.3, -0.25) is 0 Å². The Labute approximate surface area is 174 Å². The van der Waals surface area contributed by atoms with Crippen molar-refractivity contribution in [2.45, 2.75) is 90.1 Å². The second-order valence-corrected chi connectivity index (χ2v) is 10.6. The first-order chi connectivity index (χ1) is 13.6. The maximum atomic E-state index is 11.3. The van der Waals surface area contributed by atoms with E-state index in [-0.39, 0.29) is 17.4 Å². The highest BCUT2D eigenvalue weighted by Crippen LogP contribution is 2.68. The van der Waals surface area contributed by atoms with E-state index < -0.39 is 18.0 Å². The van der Waals surface area contributed by atoms with Crippen LogP contribution in [0.5, 0.6) is 0 Å². The third-order valence-electron chi connectivity index (χ3n) is 9.41. The van der Waals surface area contributed by atoms with Crippen molar-refractivity contribution in [3.63, 3.8) is 0 Å². The van der Waals surface area contributed by atoms with Crippen LogP contribution in [-0.2, 0) is 4.74 Å². The van der Waals surface area contributed by atoms with Crippen molar-refractivity contribution in [2.24, 2.45) is 28.6 Å². The molecule has 5 nitrogen and oxygen atoms in total. The molecule has 0 aliphatic heterocycles. The molecule has 0 aromatic rings. The molecule has 4 aliphatic rings. The first kappa shape index (κ1) is 21.4. The van der Waals surface area contributed by atoms with Gasteiger partial charge in [0.05, 0.1) is 18.0 Å². The predicted molar refractivity (Wildman–Crippen MR) is 111 cm³/mol. The lowest BCUT2D eigenvalue weighted by molar-refractivity contribution is -0.171. The maximum Gasteiger partial charge on any atom is 0.186 e. The minimum absolute atomic E-state index is 0.0961. The summed E-state index contributed by atoms with van der Waals surface area (Å²) in [6.45, 7) is 6.33. The molecule has 3 saturated carbocycles. The second kappa shape index (κ2) is 7.37. The predicted octanol–water partition coefficient (Wildman–Crippen LogP) is 3.27. The zero-order chi connectivity index (χ0) is 21.0. The van der Waals surface area contributed by atoms with E-state index in [4.69, 9.17) is 14.9 Å². The molecule has 0 saturated heterocycles. The topological polar surface area (TPSA) is 90.2 Å². The van der Waals surface area contributed by atoms with Crippen molar-refractivity contribution in [1.29, 1.82) is 0 Å². The fraction of sp³-hybridized carbons (Fsp3) is 0.833. The van der Waals surface area contributed by atoms with Crippen LogP contribution in [-0.4, -0.2) is 45.0 Å². The van der Waals surface area contributed by atoms with Gasteiger partial charge in [-0.05, 0) is 87.0 Å². The van der Waals surface area contributed by atoms with E-state index >= 15 is 0 Å². The highest BCUT2D eigenvalue weighted by atomic mass is 16.5. The number of fused-ring (bicyclic) bond motifs is 5. The Morgan fingerprint density at radius 3 is 2.48 bits per heavy atom. The highest BCUT2D eigenvalue weighted by Gasteiger charge is 2.65. The summed E-state index contributed by atoms with van der Waals surface area (Å²) >= 11 is 0. The number of hydrogen-bond donors (Lipinski definition) is 4. The molecular formula is C24H38O5. The molecule has 164 valence electrons. The van der Waals surface area contributed by atoms with Crippen LogP contribution in [0.1, 0.15) is 72.1 Å². The van der Waals surface area contributed by atoms with E-state index in [0.717, 1.165) is 56.9 Å². The number of rotatable bonds is 4. The average Bonchev–Trinajstić information content (AvgIpc) is 2.94. The smallest absolute Gasteiger partial charge is 0.186 e. The second-order valence-electron chi connectivity index (χ2n) is 10.6. The van der Waals surface area contributed by atoms with Crippen LogP contribution in [0.15, 0.2) is 23.5 Å². The minimum atomic E-state index is -1.44. The first-order valence-electron chi connectivity index (χ1n) is 11.4. The lowest BCUT2D eigenvalue weighted by Crippen LogP contribution is -2.58. The summed E-state index contributed by atoms with van der Waals surface area (Å²) in [5.74, 6) is 1.75. The van der Waals surface area contributed by atoms with E-state index in [1.807, 2.05) is 0 Å². The molecule has 0 bridgehead atoms. The van der Waals surface area contributed by atoms with E-state index in [2.05, 4.69) is 19.9 Å². The molecule has 4 aliphatic carbocycles. The van der Waals surface area contributed by atoms with Gasteiger partial charge in [0.15, 0.2) is 6.29 Å². The quantitative estimate of drug-likeness (QED) is 0.425. The van der Waals surface area contributed by atoms with Crippen LogP contribution in [0.25, 0.3) is 0 Å². The SMILES string of the molecule is CC(O)C1(O)CCC2C3CCC4=C/C(=C\OCC(O)O)CC[C@]4(C)C3CC[C@@]21C. The van der Waals surface area contributed by atoms with Gasteiger partial charge < -0.3 is 25.2 Å². The Morgan fingerprint density at radius 1 is 1.07 bits per heavy atom. The van der Waals surface area contributed by atoms with Gasteiger partial charge in [-0.25, -0.2) is 0 Å². The summed E-state index contributed by atoms with van der Waals surface area (Å²) in [6.07, 6.45) is 10.0. The van der Waals surface area contributed by atoms with Gasteiger partial charge in [0.1, 0.15) is 6.61 Å². The molecule has 0 aromatic carbocycles. The first-order valence-corrected chi connectivity index (χ1v) is 11.4. The third-order valence-corrected chi connectivity index (χ3v) is 9.41. The lowest BCUT2D eigenvalue weighted by Gasteiger charge is -2.59. The number of ether oxygens (including phenoxy) is 1. The van der Waals surface area contributed by atoms with E-state index in [0.29, 0.717) is 17.8 Å². The normalized spacial score (nSPS) is 46.7. The zero-order valence-corrected chi connectivity index (χ0v) is 18.1. The van der Waals surface area contributed by atoms with Crippen LogP contribution in [0, 0.1) is 28.6 Å². The van der Waals surface area contributed by atoms with Crippen molar-refractivity contribution in [2.75, 3.05) is 6.61 Å². The molecule has 29 heavy (non-hydrogen) atoms. The number of hydrogen-bond acceptors (Lipinski definition) is 5. The number of aliphatic hydroxyl groups is 4. The van der Waals surface area contributed by atoms with E-state index in [1.165, 1.54) is 5.57 Å². The van der Waals surface area contributed by atoms with Crippen LogP contribution >= 0.6 is 0 Å². The molecule has 4 rings (SSSR count). The molecule has 5 heteroatoms. The van der Waals surface area contributed by atoms with Gasteiger partial charge in [0, 0.05) is 5.41 Å². The molecule has 7 atom stereocenters. The fourth-order valence-electron chi connectivity index (χ4n) is 7.68. The van der Waals surface area contributed by atoms with Crippen molar-refractivity contribution >= 4 is 0 Å². The standard InChI is InChI=1S/C24H38O5/c1-15(25)24(28)11-8-20-18-5-4-17-12-16(13-29-14-21(26)27)6-9-22(17,2)19(18)7-10-23(20,24)3/h12-13,15,18-21,25-28H,4-11,14H2,1-3H3/b16-13-/t15?,18?,19?,20?,22-,23-,24?/m0/s1. The summed E-state index contributed by atoms with van der Waals surface area (Å²) in [6, 6.07) is 0. The van der Waals surface area contributed by atoms with Crippen LogP contribution in [0.3, 0.4) is 0 Å². The largest absolute Gasteiger partial charge is 0.496 e. The Hall–Kier alpha value is -0.880.